The van der Waals surface area contributed by atoms with Gasteiger partial charge in [0.1, 0.15) is 13.1 Å². The molecule has 184 valence electrons. The van der Waals surface area contributed by atoms with Crippen LogP contribution in [0.3, 0.4) is 0 Å². The van der Waals surface area contributed by atoms with Gasteiger partial charge in [0, 0.05) is 15.7 Å². The minimum absolute atomic E-state index is 0.209. The predicted octanol–water partition coefficient (Wildman–Crippen LogP) is 4.52. The highest BCUT2D eigenvalue weighted by Gasteiger charge is 2.21. The van der Waals surface area contributed by atoms with Crippen molar-refractivity contribution in [3.63, 3.8) is 0 Å². The van der Waals surface area contributed by atoms with Crippen molar-refractivity contribution >= 4 is 56.9 Å². The molecule has 0 amide bonds. The highest BCUT2D eigenvalue weighted by Crippen LogP contribution is 2.39. The predicted molar refractivity (Wildman–Crippen MR) is 142 cm³/mol. The number of carboxylic acids is 2. The lowest BCUT2D eigenvalue weighted by molar-refractivity contribution is -0.136. The molecule has 0 fully saturated rings. The Morgan fingerprint density at radius 2 is 1.19 bits per heavy atom. The summed E-state index contributed by atoms with van der Waals surface area (Å²) in [5.74, 6) is -2.32. The Bertz CT molecular complexity index is 1470. The first-order valence-electron chi connectivity index (χ1n) is 10.8. The smallest absolute Gasteiger partial charge is 0.324 e. The van der Waals surface area contributed by atoms with Gasteiger partial charge < -0.3 is 14.5 Å². The standard InChI is InChI=1S/C26H22N2O6S2/c29-25(30)16-27(35-20-12-10-19(11-13-20)18-6-2-1-3-7-18)23-14-15-24(22-9-5-4-8-21(22)23)28(36(33)34)17-26(31)32/h1-15,36H,16-17H2,(H,29,30)(H,31,32). The van der Waals surface area contributed by atoms with Crippen LogP contribution in [0.2, 0.25) is 0 Å². The van der Waals surface area contributed by atoms with Gasteiger partial charge in [0.15, 0.2) is 0 Å². The van der Waals surface area contributed by atoms with Crippen LogP contribution in [0.5, 0.6) is 0 Å². The van der Waals surface area contributed by atoms with Gasteiger partial charge in [0.2, 0.25) is 10.9 Å². The zero-order valence-corrected chi connectivity index (χ0v) is 20.6. The molecule has 0 aliphatic heterocycles. The number of hydrogen-bond donors (Lipinski definition) is 3. The van der Waals surface area contributed by atoms with Crippen LogP contribution in [0.25, 0.3) is 21.9 Å². The average molecular weight is 523 g/mol. The number of aliphatic carboxylic acids is 2. The lowest BCUT2D eigenvalue weighted by Crippen LogP contribution is -2.28. The molecule has 0 saturated carbocycles. The van der Waals surface area contributed by atoms with E-state index in [-0.39, 0.29) is 12.2 Å². The molecule has 10 heteroatoms. The Labute approximate surface area is 213 Å². The number of hydrogen-bond acceptors (Lipinski definition) is 6. The molecule has 0 radical (unpaired) electrons. The number of nitrogens with zero attached hydrogens (tertiary/aromatic N) is 2. The molecule has 4 rings (SSSR count). The van der Waals surface area contributed by atoms with Crippen molar-refractivity contribution in [1.29, 1.82) is 0 Å². The van der Waals surface area contributed by atoms with Gasteiger partial charge in [0.05, 0.1) is 11.4 Å². The largest absolute Gasteiger partial charge is 0.480 e. The Hall–Kier alpha value is -4.02. The van der Waals surface area contributed by atoms with E-state index in [0.717, 1.165) is 20.3 Å². The topological polar surface area (TPSA) is 115 Å². The zero-order chi connectivity index (χ0) is 25.7. The molecule has 0 aliphatic carbocycles. The minimum Gasteiger partial charge on any atom is -0.480 e. The summed E-state index contributed by atoms with van der Waals surface area (Å²) in [5, 5.41) is 19.9. The molecule has 36 heavy (non-hydrogen) atoms. The fourth-order valence-electron chi connectivity index (χ4n) is 3.82. The number of rotatable bonds is 10. The number of benzene rings is 4. The fourth-order valence-corrected chi connectivity index (χ4v) is 5.36. The molecule has 4 aromatic carbocycles. The van der Waals surface area contributed by atoms with Crippen molar-refractivity contribution in [3.8, 4) is 11.1 Å². The number of fused-ring (bicyclic) bond motifs is 1. The summed E-state index contributed by atoms with van der Waals surface area (Å²) in [7, 11) is -3.21. The van der Waals surface area contributed by atoms with E-state index in [1.165, 1.54) is 18.0 Å². The van der Waals surface area contributed by atoms with Crippen molar-refractivity contribution < 1.29 is 28.2 Å². The normalized spacial score (nSPS) is 10.9. The van der Waals surface area contributed by atoms with Crippen molar-refractivity contribution in [1.82, 2.24) is 0 Å². The summed E-state index contributed by atoms with van der Waals surface area (Å²) in [6.07, 6.45) is 0. The number of thiol groups is 1. The van der Waals surface area contributed by atoms with Gasteiger partial charge >= 0.3 is 11.9 Å². The summed E-state index contributed by atoms with van der Waals surface area (Å²) in [6.45, 7) is -1.04. The molecule has 0 heterocycles. The Balaban J connectivity index is 1.73. The maximum absolute atomic E-state index is 11.8. The van der Waals surface area contributed by atoms with E-state index in [1.807, 2.05) is 54.6 Å². The van der Waals surface area contributed by atoms with Gasteiger partial charge in [-0.2, -0.15) is 0 Å². The van der Waals surface area contributed by atoms with Gasteiger partial charge in [0.25, 0.3) is 0 Å². The van der Waals surface area contributed by atoms with E-state index >= 15 is 0 Å². The second-order valence-electron chi connectivity index (χ2n) is 7.75. The maximum Gasteiger partial charge on any atom is 0.324 e. The summed E-state index contributed by atoms with van der Waals surface area (Å²) >= 11 is 1.25. The SMILES string of the molecule is O=C(O)CN(Sc1ccc(-c2ccccc2)cc1)c1ccc(N(CC(=O)O)[SH](=O)=O)c2ccccc12. The Morgan fingerprint density at radius 3 is 1.78 bits per heavy atom. The molecule has 0 bridgehead atoms. The third-order valence-corrected chi connectivity index (χ3v) is 7.14. The third kappa shape index (κ3) is 5.78. The lowest BCUT2D eigenvalue weighted by atomic mass is 10.1. The van der Waals surface area contributed by atoms with Crippen LogP contribution in [0.15, 0.2) is 95.9 Å². The first kappa shape index (κ1) is 25.1. The van der Waals surface area contributed by atoms with Gasteiger partial charge in [-0.15, -0.1) is 0 Å². The first-order chi connectivity index (χ1) is 17.3. The second kappa shape index (κ2) is 11.1. The molecule has 4 aromatic rings. The van der Waals surface area contributed by atoms with E-state index in [4.69, 9.17) is 0 Å². The first-order valence-corrected chi connectivity index (χ1v) is 12.7. The molecule has 0 aliphatic rings. The van der Waals surface area contributed by atoms with Crippen molar-refractivity contribution in [2.75, 3.05) is 21.7 Å². The van der Waals surface area contributed by atoms with Gasteiger partial charge in [-0.1, -0.05) is 66.7 Å². The van der Waals surface area contributed by atoms with Crippen molar-refractivity contribution in [2.45, 2.75) is 4.90 Å². The Kier molecular flexibility index (Phi) is 7.77. The van der Waals surface area contributed by atoms with Crippen LogP contribution in [-0.4, -0.2) is 43.7 Å². The highest BCUT2D eigenvalue weighted by atomic mass is 32.2. The minimum atomic E-state index is -3.21. The zero-order valence-electron chi connectivity index (χ0n) is 18.9. The van der Waals surface area contributed by atoms with Crippen LogP contribution < -0.4 is 8.61 Å². The molecule has 0 aromatic heterocycles. The van der Waals surface area contributed by atoms with Crippen LogP contribution in [0, 0.1) is 0 Å². The average Bonchev–Trinajstić information content (AvgIpc) is 2.87. The third-order valence-electron chi connectivity index (χ3n) is 5.36. The summed E-state index contributed by atoms with van der Waals surface area (Å²) in [5.41, 5.74) is 2.87. The van der Waals surface area contributed by atoms with Crippen LogP contribution >= 0.6 is 11.9 Å². The second-order valence-corrected chi connectivity index (χ2v) is 9.80. The van der Waals surface area contributed by atoms with Crippen LogP contribution in [-0.2, 0) is 20.5 Å². The summed E-state index contributed by atoms with van der Waals surface area (Å²) in [4.78, 5) is 23.8. The van der Waals surface area contributed by atoms with Crippen molar-refractivity contribution in [3.05, 3.63) is 91.0 Å². The van der Waals surface area contributed by atoms with Gasteiger partial charge in [-0.3, -0.25) is 13.9 Å². The van der Waals surface area contributed by atoms with Gasteiger partial charge in [-0.05, 0) is 47.3 Å². The van der Waals surface area contributed by atoms with Crippen molar-refractivity contribution in [2.24, 2.45) is 0 Å². The number of carboxylic acid groups (broad SMARTS) is 2. The quantitative estimate of drug-likeness (QED) is 0.206. The highest BCUT2D eigenvalue weighted by molar-refractivity contribution is 8.00. The molecule has 8 nitrogen and oxygen atoms in total. The van der Waals surface area contributed by atoms with Gasteiger partial charge in [-0.25, -0.2) is 8.42 Å². The lowest BCUT2D eigenvalue weighted by Gasteiger charge is -2.25. The molecule has 0 unspecified atom stereocenters. The van der Waals surface area contributed by atoms with E-state index in [1.54, 1.807) is 34.6 Å². The molecular formula is C26H22N2O6S2. The van der Waals surface area contributed by atoms with E-state index in [2.05, 4.69) is 0 Å². The molecular weight excluding hydrogens is 500 g/mol. The van der Waals surface area contributed by atoms with E-state index < -0.39 is 29.4 Å². The summed E-state index contributed by atoms with van der Waals surface area (Å²) < 4.78 is 26.1. The molecule has 2 N–H and O–H groups in total. The maximum atomic E-state index is 11.8. The van der Waals surface area contributed by atoms with Crippen LogP contribution in [0.1, 0.15) is 0 Å². The monoisotopic (exact) mass is 522 g/mol. The fraction of sp³-hybridized carbons (Fsp3) is 0.0769. The molecule has 0 atom stereocenters. The van der Waals surface area contributed by atoms with E-state index in [0.29, 0.717) is 16.5 Å². The summed E-state index contributed by atoms with van der Waals surface area (Å²) in [6, 6.07) is 27.6. The van der Waals surface area contributed by atoms with E-state index in [9.17, 15) is 28.2 Å². The molecule has 0 spiro atoms. The number of anilines is 2. The van der Waals surface area contributed by atoms with Crippen LogP contribution in [0.4, 0.5) is 11.4 Å². The molecule has 0 saturated heterocycles. The Morgan fingerprint density at radius 1 is 0.667 bits per heavy atom. The number of carbonyl (C=O) groups is 2.